The van der Waals surface area contributed by atoms with Gasteiger partial charge in [-0.05, 0) is 32.2 Å². The van der Waals surface area contributed by atoms with Gasteiger partial charge >= 0.3 is 0 Å². The fourth-order valence-electron chi connectivity index (χ4n) is 2.42. The number of hydrogen-bond donors (Lipinski definition) is 1. The second kappa shape index (κ2) is 5.23. The highest BCUT2D eigenvalue weighted by molar-refractivity contribution is 9.10. The van der Waals surface area contributed by atoms with Crippen LogP contribution >= 0.6 is 27.3 Å². The van der Waals surface area contributed by atoms with E-state index in [9.17, 15) is 0 Å². The smallest absolute Gasteiger partial charge is 0.143 e. The highest BCUT2D eigenvalue weighted by Gasteiger charge is 2.29. The number of nitrogens with zero attached hydrogens (tertiary/aromatic N) is 1. The predicted molar refractivity (Wildman–Crippen MR) is 80.8 cm³/mol. The molecule has 100 valence electrons. The predicted octanol–water partition coefficient (Wildman–Crippen LogP) is 4.00. The van der Waals surface area contributed by atoms with Crippen LogP contribution in [0.4, 0.5) is 0 Å². The third-order valence-corrected chi connectivity index (χ3v) is 4.67. The van der Waals surface area contributed by atoms with E-state index in [0.717, 1.165) is 27.3 Å². The van der Waals surface area contributed by atoms with Crippen LogP contribution < -0.4 is 10.1 Å². The SMILES string of the molecule is CNC1CC(c2csc(C)n2)Oc2ccc(Br)cc21. The maximum Gasteiger partial charge on any atom is 0.143 e. The summed E-state index contributed by atoms with van der Waals surface area (Å²) in [7, 11) is 1.99. The van der Waals surface area contributed by atoms with Crippen molar-refractivity contribution >= 4 is 27.3 Å². The van der Waals surface area contributed by atoms with Crippen LogP contribution in [0.3, 0.4) is 0 Å². The van der Waals surface area contributed by atoms with Gasteiger partial charge in [-0.15, -0.1) is 11.3 Å². The lowest BCUT2D eigenvalue weighted by Gasteiger charge is -2.31. The number of fused-ring (bicyclic) bond motifs is 1. The highest BCUT2D eigenvalue weighted by atomic mass is 79.9. The zero-order valence-corrected chi connectivity index (χ0v) is 13.2. The zero-order chi connectivity index (χ0) is 13.4. The molecule has 0 radical (unpaired) electrons. The summed E-state index contributed by atoms with van der Waals surface area (Å²) in [6.45, 7) is 2.03. The summed E-state index contributed by atoms with van der Waals surface area (Å²) in [5.41, 5.74) is 2.25. The minimum atomic E-state index is 0.0380. The molecular formula is C14H15BrN2OS. The molecule has 19 heavy (non-hydrogen) atoms. The van der Waals surface area contributed by atoms with Crippen molar-refractivity contribution in [2.45, 2.75) is 25.5 Å². The second-order valence-corrected chi connectivity index (χ2v) is 6.63. The second-order valence-electron chi connectivity index (χ2n) is 4.66. The Labute approximate surface area is 125 Å². The van der Waals surface area contributed by atoms with Crippen LogP contribution in [0.2, 0.25) is 0 Å². The molecule has 1 aromatic heterocycles. The van der Waals surface area contributed by atoms with Crippen molar-refractivity contribution in [2.24, 2.45) is 0 Å². The van der Waals surface area contributed by atoms with Crippen LogP contribution in [0.25, 0.3) is 0 Å². The first-order chi connectivity index (χ1) is 9.17. The van der Waals surface area contributed by atoms with Gasteiger partial charge in [-0.25, -0.2) is 4.98 Å². The lowest BCUT2D eigenvalue weighted by atomic mass is 9.95. The van der Waals surface area contributed by atoms with Gasteiger partial charge in [0.2, 0.25) is 0 Å². The summed E-state index contributed by atoms with van der Waals surface area (Å²) in [4.78, 5) is 4.55. The third-order valence-electron chi connectivity index (χ3n) is 3.38. The Morgan fingerprint density at radius 3 is 3.00 bits per heavy atom. The first-order valence-electron chi connectivity index (χ1n) is 6.23. The van der Waals surface area contributed by atoms with Gasteiger partial charge in [-0.3, -0.25) is 0 Å². The number of aromatic nitrogens is 1. The number of hydrogen-bond acceptors (Lipinski definition) is 4. The number of thiazole rings is 1. The normalized spacial score (nSPS) is 21.8. The Morgan fingerprint density at radius 1 is 1.47 bits per heavy atom. The molecule has 1 N–H and O–H groups in total. The van der Waals surface area contributed by atoms with Crippen molar-refractivity contribution in [3.05, 3.63) is 44.3 Å². The molecule has 0 bridgehead atoms. The molecule has 3 rings (SSSR count). The van der Waals surface area contributed by atoms with Crippen molar-refractivity contribution < 1.29 is 4.74 Å². The quantitative estimate of drug-likeness (QED) is 0.898. The molecule has 5 heteroatoms. The van der Waals surface area contributed by atoms with Crippen LogP contribution in [-0.2, 0) is 0 Å². The zero-order valence-electron chi connectivity index (χ0n) is 10.8. The van der Waals surface area contributed by atoms with E-state index < -0.39 is 0 Å². The summed E-state index contributed by atoms with van der Waals surface area (Å²) in [5, 5.41) is 6.55. The molecule has 2 aromatic rings. The Morgan fingerprint density at radius 2 is 2.32 bits per heavy atom. The highest BCUT2D eigenvalue weighted by Crippen LogP contribution is 2.41. The number of benzene rings is 1. The first kappa shape index (κ1) is 13.1. The minimum absolute atomic E-state index is 0.0380. The fraction of sp³-hybridized carbons (Fsp3) is 0.357. The number of halogens is 1. The lowest BCUT2D eigenvalue weighted by Crippen LogP contribution is -2.26. The lowest BCUT2D eigenvalue weighted by molar-refractivity contribution is 0.150. The van der Waals surface area contributed by atoms with Crippen molar-refractivity contribution in [3.63, 3.8) is 0 Å². The molecule has 0 saturated heterocycles. The molecular weight excluding hydrogens is 324 g/mol. The summed E-state index contributed by atoms with van der Waals surface area (Å²) < 4.78 is 7.18. The summed E-state index contributed by atoms with van der Waals surface area (Å²) in [6.07, 6.45) is 0.944. The van der Waals surface area contributed by atoms with Crippen molar-refractivity contribution in [3.8, 4) is 5.75 Å². The molecule has 0 spiro atoms. The molecule has 1 aromatic carbocycles. The average Bonchev–Trinajstić information content (AvgIpc) is 2.84. The molecule has 0 fully saturated rings. The van der Waals surface area contributed by atoms with E-state index in [-0.39, 0.29) is 6.10 Å². The standard InChI is InChI=1S/C14H15BrN2OS/c1-8-17-12(7-19-8)14-6-11(16-2)10-5-9(15)3-4-13(10)18-14/h3-5,7,11,14,16H,6H2,1-2H3. The van der Waals surface area contributed by atoms with Gasteiger partial charge in [0.1, 0.15) is 11.9 Å². The summed E-state index contributed by atoms with van der Waals surface area (Å²) in [5.74, 6) is 0.949. The fourth-order valence-corrected chi connectivity index (χ4v) is 3.46. The Bertz CT molecular complexity index is 599. The van der Waals surface area contributed by atoms with E-state index in [1.54, 1.807) is 11.3 Å². The van der Waals surface area contributed by atoms with E-state index in [1.165, 1.54) is 5.56 Å². The van der Waals surface area contributed by atoms with Crippen LogP contribution in [0.1, 0.15) is 34.8 Å². The maximum atomic E-state index is 6.10. The van der Waals surface area contributed by atoms with Crippen molar-refractivity contribution in [2.75, 3.05) is 7.05 Å². The van der Waals surface area contributed by atoms with Gasteiger partial charge in [-0.1, -0.05) is 15.9 Å². The molecule has 1 aliphatic rings. The maximum absolute atomic E-state index is 6.10. The largest absolute Gasteiger partial charge is 0.484 e. The molecule has 3 nitrogen and oxygen atoms in total. The summed E-state index contributed by atoms with van der Waals surface area (Å²) in [6, 6.07) is 6.46. The van der Waals surface area contributed by atoms with E-state index in [0.29, 0.717) is 6.04 Å². The number of ether oxygens (including phenoxy) is 1. The number of nitrogens with one attached hydrogen (secondary N) is 1. The molecule has 2 unspecified atom stereocenters. The van der Waals surface area contributed by atoms with Crippen LogP contribution in [0.5, 0.6) is 5.75 Å². The van der Waals surface area contributed by atoms with Crippen molar-refractivity contribution in [1.82, 2.24) is 10.3 Å². The van der Waals surface area contributed by atoms with Gasteiger partial charge < -0.3 is 10.1 Å². The van der Waals surface area contributed by atoms with Gasteiger partial charge in [0, 0.05) is 27.9 Å². The van der Waals surface area contributed by atoms with Gasteiger partial charge in [-0.2, -0.15) is 0 Å². The minimum Gasteiger partial charge on any atom is -0.484 e. The topological polar surface area (TPSA) is 34.2 Å². The summed E-state index contributed by atoms with van der Waals surface area (Å²) >= 11 is 5.19. The third kappa shape index (κ3) is 2.55. The monoisotopic (exact) mass is 338 g/mol. The molecule has 0 aliphatic carbocycles. The average molecular weight is 339 g/mol. The van der Waals surface area contributed by atoms with Crippen LogP contribution in [0, 0.1) is 6.92 Å². The molecule has 0 saturated carbocycles. The Balaban J connectivity index is 1.95. The molecule has 2 atom stereocenters. The Kier molecular flexibility index (Phi) is 3.60. The van der Waals surface area contributed by atoms with Crippen LogP contribution in [-0.4, -0.2) is 12.0 Å². The van der Waals surface area contributed by atoms with Gasteiger partial charge in [0.05, 0.1) is 10.7 Å². The van der Waals surface area contributed by atoms with Gasteiger partial charge in [0.15, 0.2) is 0 Å². The number of rotatable bonds is 2. The first-order valence-corrected chi connectivity index (χ1v) is 7.90. The van der Waals surface area contributed by atoms with E-state index in [1.807, 2.05) is 26.1 Å². The van der Waals surface area contributed by atoms with Gasteiger partial charge in [0.25, 0.3) is 0 Å². The van der Waals surface area contributed by atoms with E-state index >= 15 is 0 Å². The molecule has 1 aliphatic heterocycles. The van der Waals surface area contributed by atoms with E-state index in [4.69, 9.17) is 4.74 Å². The Hall–Kier alpha value is -0.910. The van der Waals surface area contributed by atoms with Crippen molar-refractivity contribution in [1.29, 1.82) is 0 Å². The van der Waals surface area contributed by atoms with E-state index in [2.05, 4.69) is 37.7 Å². The molecule has 2 heterocycles. The number of aryl methyl sites for hydroxylation is 1. The molecule has 0 amide bonds. The van der Waals surface area contributed by atoms with Crippen LogP contribution in [0.15, 0.2) is 28.1 Å².